The summed E-state index contributed by atoms with van der Waals surface area (Å²) in [5.74, 6) is 0.739. The monoisotopic (exact) mass is 246 g/mol. The normalized spacial score (nSPS) is 23.6. The Bertz CT molecular complexity index is 411. The van der Waals surface area contributed by atoms with Crippen molar-refractivity contribution in [1.29, 1.82) is 0 Å². The predicted octanol–water partition coefficient (Wildman–Crippen LogP) is 3.49. The fraction of sp³-hybridized carbons (Fsp3) is 0.562. The van der Waals surface area contributed by atoms with Gasteiger partial charge in [0, 0.05) is 13.0 Å². The molecular formula is C16H22O2. The number of ketones is 1. The third-order valence-corrected chi connectivity index (χ3v) is 3.82. The van der Waals surface area contributed by atoms with E-state index in [0.717, 1.165) is 18.4 Å². The van der Waals surface area contributed by atoms with E-state index in [1.807, 2.05) is 6.92 Å². The summed E-state index contributed by atoms with van der Waals surface area (Å²) >= 11 is 0. The van der Waals surface area contributed by atoms with Gasteiger partial charge in [0.15, 0.2) is 5.78 Å². The second-order valence-corrected chi connectivity index (χ2v) is 5.68. The van der Waals surface area contributed by atoms with Crippen LogP contribution in [0.4, 0.5) is 0 Å². The van der Waals surface area contributed by atoms with Crippen LogP contribution in [0.3, 0.4) is 0 Å². The molecule has 0 aliphatic carbocycles. The van der Waals surface area contributed by atoms with Crippen LogP contribution >= 0.6 is 0 Å². The molecule has 1 saturated heterocycles. The quantitative estimate of drug-likeness (QED) is 0.813. The van der Waals surface area contributed by atoms with Crippen LogP contribution in [-0.2, 0) is 16.0 Å². The molecule has 0 radical (unpaired) electrons. The van der Waals surface area contributed by atoms with E-state index in [1.165, 1.54) is 5.56 Å². The maximum atomic E-state index is 12.2. The summed E-state index contributed by atoms with van der Waals surface area (Å²) in [4.78, 5) is 12.2. The molecule has 1 aromatic carbocycles. The molecule has 1 fully saturated rings. The summed E-state index contributed by atoms with van der Waals surface area (Å²) < 4.78 is 5.59. The van der Waals surface area contributed by atoms with Crippen LogP contribution in [0.25, 0.3) is 0 Å². The van der Waals surface area contributed by atoms with Crippen LogP contribution in [-0.4, -0.2) is 18.0 Å². The van der Waals surface area contributed by atoms with Crippen molar-refractivity contribution in [2.75, 3.05) is 6.61 Å². The van der Waals surface area contributed by atoms with Gasteiger partial charge in [0.05, 0.1) is 0 Å². The minimum atomic E-state index is -0.545. The Hall–Kier alpha value is -1.15. The Balaban J connectivity index is 2.03. The van der Waals surface area contributed by atoms with Gasteiger partial charge in [-0.05, 0) is 36.8 Å². The van der Waals surface area contributed by atoms with Crippen molar-refractivity contribution >= 4 is 5.78 Å². The number of hydrogen-bond donors (Lipinski definition) is 0. The molecule has 0 bridgehead atoms. The van der Waals surface area contributed by atoms with Crippen molar-refractivity contribution in [3.8, 4) is 0 Å². The van der Waals surface area contributed by atoms with Crippen molar-refractivity contribution in [2.45, 2.75) is 51.6 Å². The lowest BCUT2D eigenvalue weighted by molar-refractivity contribution is -0.136. The van der Waals surface area contributed by atoms with Gasteiger partial charge in [0.25, 0.3) is 0 Å². The van der Waals surface area contributed by atoms with Crippen LogP contribution in [0.2, 0.25) is 0 Å². The number of rotatable bonds is 4. The molecule has 1 heterocycles. The summed E-state index contributed by atoms with van der Waals surface area (Å²) in [7, 11) is 0. The first-order chi connectivity index (χ1) is 8.51. The highest BCUT2D eigenvalue weighted by molar-refractivity contribution is 5.89. The van der Waals surface area contributed by atoms with Crippen molar-refractivity contribution in [3.05, 3.63) is 35.4 Å². The van der Waals surface area contributed by atoms with Gasteiger partial charge in [-0.15, -0.1) is 0 Å². The smallest absolute Gasteiger partial charge is 0.168 e. The maximum absolute atomic E-state index is 12.2. The van der Waals surface area contributed by atoms with Gasteiger partial charge in [-0.2, -0.15) is 0 Å². The molecule has 0 spiro atoms. The van der Waals surface area contributed by atoms with Gasteiger partial charge < -0.3 is 4.74 Å². The van der Waals surface area contributed by atoms with Crippen LogP contribution in [0.15, 0.2) is 24.3 Å². The Kier molecular flexibility index (Phi) is 3.86. The van der Waals surface area contributed by atoms with E-state index < -0.39 is 5.60 Å². The molecule has 2 heteroatoms. The first kappa shape index (κ1) is 13.3. The molecular weight excluding hydrogens is 224 g/mol. The Morgan fingerprint density at radius 2 is 2.00 bits per heavy atom. The average Bonchev–Trinajstić information content (AvgIpc) is 2.78. The van der Waals surface area contributed by atoms with E-state index in [0.29, 0.717) is 18.9 Å². The maximum Gasteiger partial charge on any atom is 0.168 e. The first-order valence-electron chi connectivity index (χ1n) is 6.77. The third-order valence-electron chi connectivity index (χ3n) is 3.82. The van der Waals surface area contributed by atoms with Crippen LogP contribution in [0, 0.1) is 0 Å². The molecule has 0 N–H and O–H groups in total. The van der Waals surface area contributed by atoms with E-state index in [2.05, 4.69) is 38.1 Å². The molecule has 0 aromatic heterocycles. The molecule has 2 rings (SSSR count). The highest BCUT2D eigenvalue weighted by Crippen LogP contribution is 2.27. The van der Waals surface area contributed by atoms with Gasteiger partial charge in [-0.25, -0.2) is 0 Å². The fourth-order valence-electron chi connectivity index (χ4n) is 2.39. The number of ether oxygens (including phenoxy) is 1. The predicted molar refractivity (Wildman–Crippen MR) is 72.8 cm³/mol. The largest absolute Gasteiger partial charge is 0.367 e. The second kappa shape index (κ2) is 5.23. The highest BCUT2D eigenvalue weighted by atomic mass is 16.5. The first-order valence-corrected chi connectivity index (χ1v) is 6.77. The van der Waals surface area contributed by atoms with Crippen LogP contribution in [0.1, 0.15) is 50.7 Å². The van der Waals surface area contributed by atoms with E-state index in [9.17, 15) is 4.79 Å². The summed E-state index contributed by atoms with van der Waals surface area (Å²) in [5.41, 5.74) is 1.85. The molecule has 1 atom stereocenters. The third kappa shape index (κ3) is 2.81. The van der Waals surface area contributed by atoms with Gasteiger partial charge in [0.1, 0.15) is 5.60 Å². The molecule has 0 amide bonds. The standard InChI is InChI=1S/C16H22O2/c1-12(2)14-7-5-13(6-8-14)11-15(17)16(3)9-4-10-18-16/h5-8,12H,4,9-11H2,1-3H3. The van der Waals surface area contributed by atoms with Gasteiger partial charge in [-0.3, -0.25) is 4.79 Å². The number of carbonyl (C=O) groups is 1. The van der Waals surface area contributed by atoms with Crippen molar-refractivity contribution in [2.24, 2.45) is 0 Å². The van der Waals surface area contributed by atoms with Crippen molar-refractivity contribution in [1.82, 2.24) is 0 Å². The van der Waals surface area contributed by atoms with E-state index in [-0.39, 0.29) is 5.78 Å². The van der Waals surface area contributed by atoms with Crippen molar-refractivity contribution in [3.63, 3.8) is 0 Å². The molecule has 1 aromatic rings. The molecule has 0 saturated carbocycles. The lowest BCUT2D eigenvalue weighted by Crippen LogP contribution is -2.35. The summed E-state index contributed by atoms with van der Waals surface area (Å²) in [6, 6.07) is 8.35. The van der Waals surface area contributed by atoms with Gasteiger partial charge >= 0.3 is 0 Å². The van der Waals surface area contributed by atoms with E-state index in [4.69, 9.17) is 4.74 Å². The van der Waals surface area contributed by atoms with Crippen LogP contribution < -0.4 is 0 Å². The highest BCUT2D eigenvalue weighted by Gasteiger charge is 2.36. The van der Waals surface area contributed by atoms with E-state index in [1.54, 1.807) is 0 Å². The lowest BCUT2D eigenvalue weighted by atomic mass is 9.91. The van der Waals surface area contributed by atoms with Crippen molar-refractivity contribution < 1.29 is 9.53 Å². The number of carbonyl (C=O) groups excluding carboxylic acids is 1. The van der Waals surface area contributed by atoms with Gasteiger partial charge in [-0.1, -0.05) is 38.1 Å². The number of hydrogen-bond acceptors (Lipinski definition) is 2. The number of benzene rings is 1. The fourth-order valence-corrected chi connectivity index (χ4v) is 2.39. The zero-order valence-corrected chi connectivity index (χ0v) is 11.5. The second-order valence-electron chi connectivity index (χ2n) is 5.68. The zero-order chi connectivity index (χ0) is 13.2. The molecule has 1 aliphatic rings. The molecule has 98 valence electrons. The molecule has 1 unspecified atom stereocenters. The average molecular weight is 246 g/mol. The Morgan fingerprint density at radius 3 is 2.50 bits per heavy atom. The Labute approximate surface area is 109 Å². The lowest BCUT2D eigenvalue weighted by Gasteiger charge is -2.21. The van der Waals surface area contributed by atoms with E-state index >= 15 is 0 Å². The van der Waals surface area contributed by atoms with Gasteiger partial charge in [0.2, 0.25) is 0 Å². The minimum Gasteiger partial charge on any atom is -0.367 e. The summed E-state index contributed by atoms with van der Waals surface area (Å²) in [5, 5.41) is 0. The minimum absolute atomic E-state index is 0.206. The summed E-state index contributed by atoms with van der Waals surface area (Å²) in [6.07, 6.45) is 2.33. The topological polar surface area (TPSA) is 26.3 Å². The summed E-state index contributed by atoms with van der Waals surface area (Å²) in [6.45, 7) is 6.99. The molecule has 1 aliphatic heterocycles. The number of Topliss-reactive ketones (excluding diaryl/α,β-unsaturated/α-hetero) is 1. The molecule has 2 nitrogen and oxygen atoms in total. The molecule has 18 heavy (non-hydrogen) atoms. The Morgan fingerprint density at radius 1 is 1.33 bits per heavy atom. The SMILES string of the molecule is CC(C)c1ccc(CC(=O)C2(C)CCCO2)cc1. The zero-order valence-electron chi connectivity index (χ0n) is 11.5. The van der Waals surface area contributed by atoms with Crippen LogP contribution in [0.5, 0.6) is 0 Å².